The normalized spacial score (nSPS) is 10.7. The van der Waals surface area contributed by atoms with Crippen molar-refractivity contribution in [1.29, 1.82) is 0 Å². The number of halogens is 1. The first-order valence-electron chi connectivity index (χ1n) is 5.02. The topological polar surface area (TPSA) is 74.8 Å². The Kier molecular flexibility index (Phi) is 3.78. The van der Waals surface area contributed by atoms with Crippen LogP contribution in [0.25, 0.3) is 0 Å². The number of nitrogens with zero attached hydrogens (tertiary/aromatic N) is 1. The van der Waals surface area contributed by atoms with Gasteiger partial charge in [-0.2, -0.15) is 5.10 Å². The standard InChI is InChI=1S/C12H9BrN2O3/c13-8-3-4-11(16)10(6-8)12(17)15-14-7-9-2-1-5-18-9/h1-7,16H,(H,15,17)/b14-7+. The van der Waals surface area contributed by atoms with Gasteiger partial charge in [-0.3, -0.25) is 4.79 Å². The molecular weight excluding hydrogens is 300 g/mol. The summed E-state index contributed by atoms with van der Waals surface area (Å²) in [5, 5.41) is 13.3. The SMILES string of the molecule is O=C(N/N=C/c1ccco1)c1cc(Br)ccc1O. The van der Waals surface area contributed by atoms with Crippen molar-refractivity contribution in [3.63, 3.8) is 0 Å². The molecule has 0 aliphatic carbocycles. The molecule has 1 aromatic heterocycles. The summed E-state index contributed by atoms with van der Waals surface area (Å²) in [6.07, 6.45) is 2.87. The van der Waals surface area contributed by atoms with Crippen molar-refractivity contribution in [1.82, 2.24) is 5.43 Å². The van der Waals surface area contributed by atoms with Crippen LogP contribution in [0.2, 0.25) is 0 Å². The summed E-state index contributed by atoms with van der Waals surface area (Å²) in [6.45, 7) is 0. The molecule has 92 valence electrons. The molecule has 0 saturated carbocycles. The third-order valence-electron chi connectivity index (χ3n) is 2.10. The van der Waals surface area contributed by atoms with Gasteiger partial charge in [-0.05, 0) is 30.3 Å². The minimum Gasteiger partial charge on any atom is -0.507 e. The molecule has 0 fully saturated rings. The Morgan fingerprint density at radius 2 is 2.28 bits per heavy atom. The van der Waals surface area contributed by atoms with Crippen LogP contribution in [0.3, 0.4) is 0 Å². The largest absolute Gasteiger partial charge is 0.507 e. The molecule has 0 aliphatic rings. The number of nitrogens with one attached hydrogen (secondary N) is 1. The monoisotopic (exact) mass is 308 g/mol. The van der Waals surface area contributed by atoms with Crippen LogP contribution in [0.15, 0.2) is 50.6 Å². The van der Waals surface area contributed by atoms with Crippen molar-refractivity contribution < 1.29 is 14.3 Å². The van der Waals surface area contributed by atoms with E-state index < -0.39 is 5.91 Å². The van der Waals surface area contributed by atoms with Crippen molar-refractivity contribution in [3.05, 3.63) is 52.4 Å². The first-order chi connectivity index (χ1) is 8.66. The van der Waals surface area contributed by atoms with Crippen LogP contribution in [-0.2, 0) is 0 Å². The fourth-order valence-electron chi connectivity index (χ4n) is 1.27. The smallest absolute Gasteiger partial charge is 0.275 e. The third-order valence-corrected chi connectivity index (χ3v) is 2.60. The maximum absolute atomic E-state index is 11.7. The van der Waals surface area contributed by atoms with Gasteiger partial charge in [0.2, 0.25) is 0 Å². The Morgan fingerprint density at radius 3 is 3.00 bits per heavy atom. The van der Waals surface area contributed by atoms with Crippen LogP contribution < -0.4 is 5.43 Å². The van der Waals surface area contributed by atoms with Crippen LogP contribution in [0.1, 0.15) is 16.1 Å². The molecular formula is C12H9BrN2O3. The second-order valence-corrected chi connectivity index (χ2v) is 4.29. The van der Waals surface area contributed by atoms with Gasteiger partial charge >= 0.3 is 0 Å². The number of hydrogen-bond donors (Lipinski definition) is 2. The first kappa shape index (κ1) is 12.4. The summed E-state index contributed by atoms with van der Waals surface area (Å²) < 4.78 is 5.70. The molecule has 1 heterocycles. The molecule has 2 aromatic rings. The summed E-state index contributed by atoms with van der Waals surface area (Å²) in [6, 6.07) is 7.98. The van der Waals surface area contributed by atoms with Crippen molar-refractivity contribution >= 4 is 28.1 Å². The van der Waals surface area contributed by atoms with E-state index in [-0.39, 0.29) is 11.3 Å². The molecule has 1 amide bonds. The molecule has 0 atom stereocenters. The Hall–Kier alpha value is -2.08. The maximum Gasteiger partial charge on any atom is 0.275 e. The van der Waals surface area contributed by atoms with Gasteiger partial charge in [-0.1, -0.05) is 15.9 Å². The molecule has 0 saturated heterocycles. The summed E-state index contributed by atoms with van der Waals surface area (Å²) in [7, 11) is 0. The highest BCUT2D eigenvalue weighted by Gasteiger charge is 2.10. The molecule has 6 heteroatoms. The Morgan fingerprint density at radius 1 is 1.44 bits per heavy atom. The van der Waals surface area contributed by atoms with E-state index in [9.17, 15) is 9.90 Å². The number of phenols is 1. The number of hydrogen-bond acceptors (Lipinski definition) is 4. The minimum absolute atomic E-state index is 0.108. The van der Waals surface area contributed by atoms with Gasteiger partial charge in [-0.15, -0.1) is 0 Å². The quantitative estimate of drug-likeness (QED) is 0.676. The van der Waals surface area contributed by atoms with Crippen molar-refractivity contribution in [2.24, 2.45) is 5.10 Å². The van der Waals surface area contributed by atoms with Gasteiger partial charge in [0.25, 0.3) is 5.91 Å². The number of carbonyl (C=O) groups is 1. The van der Waals surface area contributed by atoms with E-state index in [0.29, 0.717) is 10.2 Å². The zero-order valence-corrected chi connectivity index (χ0v) is 10.7. The lowest BCUT2D eigenvalue weighted by Gasteiger charge is -2.02. The van der Waals surface area contributed by atoms with Gasteiger partial charge < -0.3 is 9.52 Å². The number of furan rings is 1. The molecule has 1 aromatic carbocycles. The Balaban J connectivity index is 2.06. The molecule has 0 spiro atoms. The van der Waals surface area contributed by atoms with Crippen LogP contribution in [0, 0.1) is 0 Å². The minimum atomic E-state index is -0.503. The molecule has 5 nitrogen and oxygen atoms in total. The summed E-state index contributed by atoms with van der Waals surface area (Å²) in [4.78, 5) is 11.7. The summed E-state index contributed by atoms with van der Waals surface area (Å²) in [5.74, 6) is -0.0886. The lowest BCUT2D eigenvalue weighted by atomic mass is 10.2. The predicted octanol–water partition coefficient (Wildman–Crippen LogP) is 2.51. The van der Waals surface area contributed by atoms with Gasteiger partial charge in [0, 0.05) is 4.47 Å². The highest BCUT2D eigenvalue weighted by atomic mass is 79.9. The van der Waals surface area contributed by atoms with Crippen molar-refractivity contribution in [2.45, 2.75) is 0 Å². The molecule has 2 N–H and O–H groups in total. The Labute approximate surface area is 111 Å². The van der Waals surface area contributed by atoms with Crippen LogP contribution in [0.5, 0.6) is 5.75 Å². The number of rotatable bonds is 3. The van der Waals surface area contributed by atoms with E-state index in [0.717, 1.165) is 0 Å². The molecule has 18 heavy (non-hydrogen) atoms. The van der Waals surface area contributed by atoms with E-state index in [1.165, 1.54) is 24.6 Å². The zero-order valence-electron chi connectivity index (χ0n) is 9.13. The second-order valence-electron chi connectivity index (χ2n) is 3.38. The molecule has 0 unspecified atom stereocenters. The van der Waals surface area contributed by atoms with Crippen LogP contribution in [-0.4, -0.2) is 17.2 Å². The van der Waals surface area contributed by atoms with Gasteiger partial charge in [0.1, 0.15) is 11.5 Å². The van der Waals surface area contributed by atoms with Crippen molar-refractivity contribution in [3.8, 4) is 5.75 Å². The van der Waals surface area contributed by atoms with Gasteiger partial charge in [0.15, 0.2) is 0 Å². The second kappa shape index (κ2) is 5.50. The third kappa shape index (κ3) is 2.98. The summed E-state index contributed by atoms with van der Waals surface area (Å²) >= 11 is 3.22. The zero-order chi connectivity index (χ0) is 13.0. The van der Waals surface area contributed by atoms with Gasteiger partial charge in [-0.25, -0.2) is 5.43 Å². The van der Waals surface area contributed by atoms with E-state index in [2.05, 4.69) is 26.5 Å². The van der Waals surface area contributed by atoms with E-state index in [1.807, 2.05) is 0 Å². The van der Waals surface area contributed by atoms with Gasteiger partial charge in [0.05, 0.1) is 18.0 Å². The molecule has 2 rings (SSSR count). The van der Waals surface area contributed by atoms with Crippen LogP contribution >= 0.6 is 15.9 Å². The van der Waals surface area contributed by atoms with Crippen LogP contribution in [0.4, 0.5) is 0 Å². The van der Waals surface area contributed by atoms with E-state index >= 15 is 0 Å². The average Bonchev–Trinajstić information content (AvgIpc) is 2.85. The highest BCUT2D eigenvalue weighted by molar-refractivity contribution is 9.10. The van der Waals surface area contributed by atoms with Crippen molar-refractivity contribution in [2.75, 3.05) is 0 Å². The molecule has 0 aliphatic heterocycles. The van der Waals surface area contributed by atoms with E-state index in [1.54, 1.807) is 18.2 Å². The number of carbonyl (C=O) groups excluding carboxylic acids is 1. The number of amides is 1. The number of phenolic OH excluding ortho intramolecular Hbond substituents is 1. The lowest BCUT2D eigenvalue weighted by molar-refractivity contribution is 0.0952. The average molecular weight is 309 g/mol. The summed E-state index contributed by atoms with van der Waals surface area (Å²) in [5.41, 5.74) is 2.43. The number of benzene rings is 1. The predicted molar refractivity (Wildman–Crippen MR) is 69.6 cm³/mol. The first-order valence-corrected chi connectivity index (χ1v) is 5.81. The highest BCUT2D eigenvalue weighted by Crippen LogP contribution is 2.21. The fraction of sp³-hybridized carbons (Fsp3) is 0. The maximum atomic E-state index is 11.7. The Bertz CT molecular complexity index is 579. The lowest BCUT2D eigenvalue weighted by Crippen LogP contribution is -2.17. The molecule has 0 radical (unpaired) electrons. The number of hydrazone groups is 1. The number of aromatic hydroxyl groups is 1. The molecule has 0 bridgehead atoms. The van der Waals surface area contributed by atoms with E-state index in [4.69, 9.17) is 4.42 Å². The fourth-order valence-corrected chi connectivity index (χ4v) is 1.63.